The van der Waals surface area contributed by atoms with Crippen LogP contribution in [0.5, 0.6) is 11.5 Å². The van der Waals surface area contributed by atoms with Crippen LogP contribution in [0.15, 0.2) is 16.6 Å². The molecule has 0 radical (unpaired) electrons. The third-order valence-corrected chi connectivity index (χ3v) is 3.37. The largest absolute Gasteiger partial charge is 0.503 e. The standard InChI is InChI=1S/C12H12BrF2NO4.ClH/c1-2-19-8-4-6(3-7(13)9(8)17)10-12(14,15)5-20-11(18)16-10;/h3-4,10,17H,2,5H2,1H3,(H,16,18);1H/t10-;/m0./s1. The summed E-state index contributed by atoms with van der Waals surface area (Å²) in [4.78, 5) is 11.1. The molecule has 1 atom stereocenters. The quantitative estimate of drug-likeness (QED) is 0.833. The number of alkyl halides is 2. The topological polar surface area (TPSA) is 67.8 Å². The van der Waals surface area contributed by atoms with Crippen molar-refractivity contribution < 1.29 is 28.2 Å². The Hall–Kier alpha value is -1.28. The van der Waals surface area contributed by atoms with E-state index in [1.54, 1.807) is 6.92 Å². The minimum Gasteiger partial charge on any atom is -0.503 e. The summed E-state index contributed by atoms with van der Waals surface area (Å²) in [6, 6.07) is 1.04. The second-order valence-corrected chi connectivity index (χ2v) is 5.05. The number of rotatable bonds is 3. The van der Waals surface area contributed by atoms with Gasteiger partial charge in [0.05, 0.1) is 11.1 Å². The molecule has 1 aliphatic heterocycles. The van der Waals surface area contributed by atoms with Crippen molar-refractivity contribution in [1.82, 2.24) is 5.32 Å². The number of halogens is 4. The van der Waals surface area contributed by atoms with Crippen LogP contribution in [0.25, 0.3) is 0 Å². The Bertz CT molecular complexity index is 544. The minimum atomic E-state index is -3.26. The van der Waals surface area contributed by atoms with Crippen molar-refractivity contribution in [3.8, 4) is 11.5 Å². The van der Waals surface area contributed by atoms with Gasteiger partial charge in [-0.2, -0.15) is 0 Å². The molecule has 0 aromatic heterocycles. The van der Waals surface area contributed by atoms with Gasteiger partial charge < -0.3 is 19.9 Å². The van der Waals surface area contributed by atoms with E-state index in [1.807, 2.05) is 0 Å². The number of hydrogen-bond donors (Lipinski definition) is 2. The Kier molecular flexibility index (Phi) is 5.63. The molecule has 0 bridgehead atoms. The summed E-state index contributed by atoms with van der Waals surface area (Å²) in [7, 11) is 0. The molecule has 2 rings (SSSR count). The van der Waals surface area contributed by atoms with Crippen molar-refractivity contribution in [2.75, 3.05) is 13.2 Å². The minimum absolute atomic E-state index is 0. The highest BCUT2D eigenvalue weighted by Gasteiger charge is 2.47. The molecular formula is C12H13BrClF2NO4. The molecule has 9 heteroatoms. The lowest BCUT2D eigenvalue weighted by molar-refractivity contribution is -0.104. The second kappa shape index (κ2) is 6.65. The first kappa shape index (κ1) is 17.8. The number of alkyl carbamates (subject to hydrolysis) is 1. The number of phenols is 1. The van der Waals surface area contributed by atoms with Gasteiger partial charge in [-0.3, -0.25) is 0 Å². The normalized spacial score (nSPS) is 20.0. The van der Waals surface area contributed by atoms with Gasteiger partial charge in [-0.25, -0.2) is 13.6 Å². The van der Waals surface area contributed by atoms with E-state index in [0.29, 0.717) is 0 Å². The van der Waals surface area contributed by atoms with Crippen LogP contribution in [0.3, 0.4) is 0 Å². The van der Waals surface area contributed by atoms with Crippen molar-refractivity contribution >= 4 is 34.4 Å². The number of carbonyl (C=O) groups excluding carboxylic acids is 1. The Morgan fingerprint density at radius 2 is 2.24 bits per heavy atom. The fourth-order valence-electron chi connectivity index (χ4n) is 1.86. The van der Waals surface area contributed by atoms with E-state index in [4.69, 9.17) is 4.74 Å². The van der Waals surface area contributed by atoms with Crippen molar-refractivity contribution in [1.29, 1.82) is 0 Å². The molecule has 1 aromatic rings. The molecule has 0 unspecified atom stereocenters. The van der Waals surface area contributed by atoms with Crippen LogP contribution in [0, 0.1) is 0 Å². The van der Waals surface area contributed by atoms with E-state index < -0.39 is 24.7 Å². The smallest absolute Gasteiger partial charge is 0.408 e. The maximum atomic E-state index is 13.8. The average molecular weight is 389 g/mol. The van der Waals surface area contributed by atoms with Gasteiger partial charge in [-0.15, -0.1) is 12.4 Å². The maximum absolute atomic E-state index is 13.8. The van der Waals surface area contributed by atoms with E-state index in [-0.39, 0.29) is 40.5 Å². The maximum Gasteiger partial charge on any atom is 0.408 e. The number of aromatic hydroxyl groups is 1. The van der Waals surface area contributed by atoms with Crippen LogP contribution < -0.4 is 10.1 Å². The van der Waals surface area contributed by atoms with Crippen LogP contribution >= 0.6 is 28.3 Å². The molecule has 1 aliphatic rings. The lowest BCUT2D eigenvalue weighted by atomic mass is 9.99. The number of ether oxygens (including phenoxy) is 2. The highest BCUT2D eigenvalue weighted by atomic mass is 79.9. The molecule has 5 nitrogen and oxygen atoms in total. The van der Waals surface area contributed by atoms with Gasteiger partial charge in [0.25, 0.3) is 0 Å². The Morgan fingerprint density at radius 3 is 2.86 bits per heavy atom. The SMILES string of the molecule is CCOc1cc([C@@H]2NC(=O)OCC2(F)F)cc(Br)c1O.Cl. The molecular weight excluding hydrogens is 375 g/mol. The molecule has 0 saturated carbocycles. The number of nitrogens with one attached hydrogen (secondary N) is 1. The van der Waals surface area contributed by atoms with Crippen molar-refractivity contribution in [2.24, 2.45) is 0 Å². The van der Waals surface area contributed by atoms with Crippen LogP contribution in [0.2, 0.25) is 0 Å². The Balaban J connectivity index is 0.00000220. The molecule has 0 aliphatic carbocycles. The van der Waals surface area contributed by atoms with Gasteiger partial charge in [-0.1, -0.05) is 0 Å². The highest BCUT2D eigenvalue weighted by Crippen LogP contribution is 2.41. The third kappa shape index (κ3) is 3.68. The highest BCUT2D eigenvalue weighted by molar-refractivity contribution is 9.10. The summed E-state index contributed by atoms with van der Waals surface area (Å²) in [6.07, 6.45) is -0.914. The van der Waals surface area contributed by atoms with Crippen LogP contribution in [0.1, 0.15) is 18.5 Å². The molecule has 1 amide bonds. The monoisotopic (exact) mass is 387 g/mol. The number of carbonyl (C=O) groups is 1. The third-order valence-electron chi connectivity index (χ3n) is 2.76. The van der Waals surface area contributed by atoms with Gasteiger partial charge in [0.1, 0.15) is 6.04 Å². The van der Waals surface area contributed by atoms with Crippen molar-refractivity contribution in [3.63, 3.8) is 0 Å². The van der Waals surface area contributed by atoms with E-state index in [1.165, 1.54) is 12.1 Å². The summed E-state index contributed by atoms with van der Waals surface area (Å²) in [5.41, 5.74) is 0.111. The van der Waals surface area contributed by atoms with Gasteiger partial charge in [-0.05, 0) is 40.5 Å². The summed E-state index contributed by atoms with van der Waals surface area (Å²) < 4.78 is 37.3. The molecule has 2 N–H and O–H groups in total. The Labute approximate surface area is 134 Å². The number of hydrogen-bond acceptors (Lipinski definition) is 4. The number of cyclic esters (lactones) is 1. The molecule has 118 valence electrons. The molecule has 1 heterocycles. The van der Waals surface area contributed by atoms with Crippen LogP contribution in [0.4, 0.5) is 13.6 Å². The fourth-order valence-corrected chi connectivity index (χ4v) is 2.32. The van der Waals surface area contributed by atoms with Crippen LogP contribution in [-0.4, -0.2) is 30.3 Å². The van der Waals surface area contributed by atoms with Crippen molar-refractivity contribution in [2.45, 2.75) is 18.9 Å². The van der Waals surface area contributed by atoms with E-state index in [9.17, 15) is 18.7 Å². The number of amides is 1. The first-order chi connectivity index (χ1) is 9.35. The predicted molar refractivity (Wildman–Crippen MR) is 76.4 cm³/mol. The van der Waals surface area contributed by atoms with Gasteiger partial charge in [0.15, 0.2) is 18.1 Å². The average Bonchev–Trinajstić information content (AvgIpc) is 2.38. The van der Waals surface area contributed by atoms with Crippen LogP contribution in [-0.2, 0) is 4.74 Å². The summed E-state index contributed by atoms with van der Waals surface area (Å²) >= 11 is 3.07. The zero-order valence-corrected chi connectivity index (χ0v) is 13.3. The first-order valence-electron chi connectivity index (χ1n) is 5.81. The predicted octanol–water partition coefficient (Wildman–Crippen LogP) is 3.39. The first-order valence-corrected chi connectivity index (χ1v) is 6.60. The summed E-state index contributed by atoms with van der Waals surface area (Å²) in [5.74, 6) is -3.38. The zero-order chi connectivity index (χ0) is 14.9. The number of benzene rings is 1. The zero-order valence-electron chi connectivity index (χ0n) is 10.9. The van der Waals surface area contributed by atoms with Crippen molar-refractivity contribution in [3.05, 3.63) is 22.2 Å². The van der Waals surface area contributed by atoms with E-state index in [0.717, 1.165) is 0 Å². The molecule has 1 aromatic carbocycles. The summed E-state index contributed by atoms with van der Waals surface area (Å²) in [5, 5.41) is 11.8. The lowest BCUT2D eigenvalue weighted by Gasteiger charge is -2.32. The molecule has 1 fully saturated rings. The fraction of sp³-hybridized carbons (Fsp3) is 0.417. The number of phenolic OH excluding ortho intramolecular Hbond substituents is 1. The second-order valence-electron chi connectivity index (χ2n) is 4.20. The van der Waals surface area contributed by atoms with Gasteiger partial charge in [0.2, 0.25) is 0 Å². The summed E-state index contributed by atoms with van der Waals surface area (Å²) in [6.45, 7) is 0.969. The molecule has 0 spiro atoms. The molecule has 21 heavy (non-hydrogen) atoms. The van der Waals surface area contributed by atoms with Gasteiger partial charge in [0, 0.05) is 0 Å². The van der Waals surface area contributed by atoms with E-state index >= 15 is 0 Å². The van der Waals surface area contributed by atoms with E-state index in [2.05, 4.69) is 26.0 Å². The Morgan fingerprint density at radius 1 is 1.57 bits per heavy atom. The lowest BCUT2D eigenvalue weighted by Crippen LogP contribution is -2.49. The van der Waals surface area contributed by atoms with Gasteiger partial charge >= 0.3 is 12.0 Å². The molecule has 1 saturated heterocycles.